The van der Waals surface area contributed by atoms with Gasteiger partial charge in [-0.1, -0.05) is 25.4 Å². The molecule has 0 aliphatic carbocycles. The number of methoxy groups -OCH3 is 2. The zero-order valence-electron chi connectivity index (χ0n) is 19.5. The van der Waals surface area contributed by atoms with Gasteiger partial charge in [-0.3, -0.25) is 4.79 Å². The lowest BCUT2D eigenvalue weighted by Gasteiger charge is -2.15. The van der Waals surface area contributed by atoms with Crippen LogP contribution in [-0.2, 0) is 14.8 Å². The van der Waals surface area contributed by atoms with Gasteiger partial charge >= 0.3 is 0 Å². The lowest BCUT2D eigenvalue weighted by molar-refractivity contribution is -0.111. The Hall–Kier alpha value is -2.75. The van der Waals surface area contributed by atoms with Crippen molar-refractivity contribution in [1.82, 2.24) is 4.31 Å². The van der Waals surface area contributed by atoms with Gasteiger partial charge in [-0.15, -0.1) is 0 Å². The van der Waals surface area contributed by atoms with E-state index in [1.54, 1.807) is 18.2 Å². The minimum absolute atomic E-state index is 0.0288. The second-order valence-corrected chi connectivity index (χ2v) is 10.3. The number of hydrogen-bond donors (Lipinski definition) is 1. The molecule has 10 heteroatoms. The van der Waals surface area contributed by atoms with Crippen molar-refractivity contribution in [1.29, 1.82) is 0 Å². The number of nitrogens with one attached hydrogen (secondary N) is 1. The molecule has 0 saturated heterocycles. The second kappa shape index (κ2) is 11.4. The van der Waals surface area contributed by atoms with E-state index in [-0.39, 0.29) is 10.6 Å². The lowest BCUT2D eigenvalue weighted by Crippen LogP contribution is -2.22. The fraction of sp³-hybridized carbons (Fsp3) is 0.348. The summed E-state index contributed by atoms with van der Waals surface area (Å²) >= 11 is 6.35. The molecule has 1 N–H and O–H groups in total. The molecule has 8 nitrogen and oxygen atoms in total. The van der Waals surface area contributed by atoms with E-state index in [0.29, 0.717) is 40.4 Å². The van der Waals surface area contributed by atoms with Gasteiger partial charge in [-0.25, -0.2) is 12.7 Å². The molecule has 1 amide bonds. The summed E-state index contributed by atoms with van der Waals surface area (Å²) in [5, 5.41) is 3.01. The number of ether oxygens (including phenoxy) is 3. The van der Waals surface area contributed by atoms with Crippen molar-refractivity contribution < 1.29 is 27.4 Å². The molecule has 2 aromatic rings. The standard InChI is InChI=1S/C23H29ClN2O6S/c1-15(2)14-32-23-18(24)11-16(12-21(23)31-6)7-10-22(27)25-19-13-17(8-9-20(19)30-5)33(28,29)26(3)4/h7-13,15H,14H2,1-6H3,(H,25,27)/b10-7+. The summed E-state index contributed by atoms with van der Waals surface area (Å²) in [6.45, 7) is 4.53. The summed E-state index contributed by atoms with van der Waals surface area (Å²) in [4.78, 5) is 12.6. The Bertz CT molecular complexity index is 1130. The van der Waals surface area contributed by atoms with Crippen LogP contribution in [0.2, 0.25) is 5.02 Å². The molecule has 33 heavy (non-hydrogen) atoms. The van der Waals surface area contributed by atoms with Crippen molar-refractivity contribution in [3.63, 3.8) is 0 Å². The molecule has 180 valence electrons. The minimum Gasteiger partial charge on any atom is -0.495 e. The zero-order valence-corrected chi connectivity index (χ0v) is 21.1. The number of halogens is 1. The van der Waals surface area contributed by atoms with E-state index in [4.69, 9.17) is 25.8 Å². The van der Waals surface area contributed by atoms with Gasteiger partial charge in [0.25, 0.3) is 0 Å². The first-order valence-electron chi connectivity index (χ1n) is 10.1. The molecule has 0 saturated carbocycles. The number of hydrogen-bond acceptors (Lipinski definition) is 6. The summed E-state index contributed by atoms with van der Waals surface area (Å²) in [6, 6.07) is 7.61. The maximum atomic E-state index is 12.5. The Balaban J connectivity index is 2.26. The highest BCUT2D eigenvalue weighted by molar-refractivity contribution is 7.89. The van der Waals surface area contributed by atoms with Crippen molar-refractivity contribution >= 4 is 39.3 Å². The number of rotatable bonds is 10. The molecule has 2 rings (SSSR count). The summed E-state index contributed by atoms with van der Waals surface area (Å²) in [5.74, 6) is 1.05. The molecule has 0 fully saturated rings. The van der Waals surface area contributed by atoms with E-state index in [0.717, 1.165) is 4.31 Å². The van der Waals surface area contributed by atoms with Crippen LogP contribution < -0.4 is 19.5 Å². The Labute approximate surface area is 200 Å². The average Bonchev–Trinajstić information content (AvgIpc) is 2.76. The van der Waals surface area contributed by atoms with Gasteiger partial charge in [0.05, 0.1) is 36.4 Å². The third-order valence-corrected chi connectivity index (χ3v) is 6.54. The van der Waals surface area contributed by atoms with E-state index < -0.39 is 15.9 Å². The lowest BCUT2D eigenvalue weighted by atomic mass is 10.1. The first-order valence-corrected chi connectivity index (χ1v) is 11.9. The predicted octanol–water partition coefficient (Wildman–Crippen LogP) is 4.29. The van der Waals surface area contributed by atoms with Crippen molar-refractivity contribution in [3.05, 3.63) is 47.0 Å². The molecule has 0 heterocycles. The Morgan fingerprint density at radius 1 is 1.12 bits per heavy atom. The van der Waals surface area contributed by atoms with Crippen LogP contribution in [0.25, 0.3) is 6.08 Å². The Morgan fingerprint density at radius 3 is 2.36 bits per heavy atom. The number of sulfonamides is 1. The molecule has 0 aliphatic rings. The van der Waals surface area contributed by atoms with Crippen molar-refractivity contribution in [2.24, 2.45) is 5.92 Å². The summed E-state index contributed by atoms with van der Waals surface area (Å²) in [7, 11) is 2.12. The van der Waals surface area contributed by atoms with Crippen LogP contribution in [0.1, 0.15) is 19.4 Å². The predicted molar refractivity (Wildman–Crippen MR) is 130 cm³/mol. The largest absolute Gasteiger partial charge is 0.495 e. The Morgan fingerprint density at radius 2 is 1.79 bits per heavy atom. The van der Waals surface area contributed by atoms with Gasteiger partial charge < -0.3 is 19.5 Å². The fourth-order valence-corrected chi connectivity index (χ4v) is 3.93. The fourth-order valence-electron chi connectivity index (χ4n) is 2.73. The molecule has 0 aromatic heterocycles. The maximum Gasteiger partial charge on any atom is 0.248 e. The molecule has 0 atom stereocenters. The molecule has 0 unspecified atom stereocenters. The second-order valence-electron chi connectivity index (χ2n) is 7.71. The van der Waals surface area contributed by atoms with E-state index >= 15 is 0 Å². The molecule has 0 aliphatic heterocycles. The third kappa shape index (κ3) is 6.86. The van der Waals surface area contributed by atoms with E-state index in [9.17, 15) is 13.2 Å². The molecule has 0 spiro atoms. The van der Waals surface area contributed by atoms with Gasteiger partial charge in [-0.05, 0) is 47.9 Å². The number of carbonyl (C=O) groups excluding carboxylic acids is 1. The van der Waals surface area contributed by atoms with E-state index in [2.05, 4.69) is 5.32 Å². The summed E-state index contributed by atoms with van der Waals surface area (Å²) in [6.07, 6.45) is 2.86. The van der Waals surface area contributed by atoms with Crippen LogP contribution in [0.15, 0.2) is 41.3 Å². The number of benzene rings is 2. The van der Waals surface area contributed by atoms with Gasteiger partial charge in [0.15, 0.2) is 11.5 Å². The van der Waals surface area contributed by atoms with Crippen LogP contribution >= 0.6 is 11.6 Å². The van der Waals surface area contributed by atoms with E-state index in [1.165, 1.54) is 52.6 Å². The molecule has 0 bridgehead atoms. The molecule has 2 aromatic carbocycles. The van der Waals surface area contributed by atoms with Gasteiger partial charge in [-0.2, -0.15) is 0 Å². The van der Waals surface area contributed by atoms with Gasteiger partial charge in [0.2, 0.25) is 15.9 Å². The Kier molecular flexibility index (Phi) is 9.16. The summed E-state index contributed by atoms with van der Waals surface area (Å²) < 4.78 is 42.3. The highest BCUT2D eigenvalue weighted by atomic mass is 35.5. The number of amides is 1. The van der Waals surface area contributed by atoms with Crippen molar-refractivity contribution in [2.75, 3.05) is 40.2 Å². The first-order chi connectivity index (χ1) is 15.5. The molecular formula is C23H29ClN2O6S. The highest BCUT2D eigenvalue weighted by Crippen LogP contribution is 2.37. The number of anilines is 1. The maximum absolute atomic E-state index is 12.5. The average molecular weight is 497 g/mol. The monoisotopic (exact) mass is 496 g/mol. The topological polar surface area (TPSA) is 94.2 Å². The smallest absolute Gasteiger partial charge is 0.248 e. The quantitative estimate of drug-likeness (QED) is 0.493. The van der Waals surface area contributed by atoms with Crippen LogP contribution in [-0.4, -0.2) is 53.6 Å². The highest BCUT2D eigenvalue weighted by Gasteiger charge is 2.19. The summed E-state index contributed by atoms with van der Waals surface area (Å²) in [5.41, 5.74) is 0.850. The number of nitrogens with zero attached hydrogens (tertiary/aromatic N) is 1. The normalized spacial score (nSPS) is 11.8. The molecule has 0 radical (unpaired) electrons. The van der Waals surface area contributed by atoms with Crippen LogP contribution in [0.3, 0.4) is 0 Å². The van der Waals surface area contributed by atoms with Crippen LogP contribution in [0.5, 0.6) is 17.2 Å². The SMILES string of the molecule is COc1ccc(S(=O)(=O)N(C)C)cc1NC(=O)/C=C/c1cc(Cl)c(OCC(C)C)c(OC)c1. The van der Waals surface area contributed by atoms with Crippen molar-refractivity contribution in [3.8, 4) is 17.2 Å². The molecular weight excluding hydrogens is 468 g/mol. The minimum atomic E-state index is -3.67. The van der Waals surface area contributed by atoms with Crippen molar-refractivity contribution in [2.45, 2.75) is 18.7 Å². The zero-order chi connectivity index (χ0) is 24.8. The van der Waals surface area contributed by atoms with Gasteiger partial charge in [0.1, 0.15) is 5.75 Å². The number of carbonyl (C=O) groups is 1. The van der Waals surface area contributed by atoms with E-state index in [1.807, 2.05) is 13.8 Å². The van der Waals surface area contributed by atoms with Crippen LogP contribution in [0, 0.1) is 5.92 Å². The van der Waals surface area contributed by atoms with Gasteiger partial charge in [0, 0.05) is 20.2 Å². The van der Waals surface area contributed by atoms with Crippen LogP contribution in [0.4, 0.5) is 5.69 Å². The third-order valence-electron chi connectivity index (χ3n) is 4.45. The first kappa shape index (κ1) is 26.5.